The molecule has 4 nitrogen and oxygen atoms in total. The Kier molecular flexibility index (Phi) is 4.35. The van der Waals surface area contributed by atoms with Crippen LogP contribution in [0.5, 0.6) is 0 Å². The number of morpholine rings is 1. The summed E-state index contributed by atoms with van der Waals surface area (Å²) in [6.45, 7) is 6.11. The highest BCUT2D eigenvalue weighted by Crippen LogP contribution is 2.12. The lowest BCUT2D eigenvalue weighted by Gasteiger charge is -2.35. The summed E-state index contributed by atoms with van der Waals surface area (Å²) in [6, 6.07) is -0.327. The van der Waals surface area contributed by atoms with Crippen LogP contribution in [-0.4, -0.2) is 47.8 Å². The molecule has 0 radical (unpaired) electrons. The minimum atomic E-state index is -0.707. The van der Waals surface area contributed by atoms with Gasteiger partial charge in [0.1, 0.15) is 6.04 Å². The van der Waals surface area contributed by atoms with Crippen molar-refractivity contribution in [2.75, 3.05) is 19.7 Å². The zero-order valence-corrected chi connectivity index (χ0v) is 8.90. The number of nitrogens with zero attached hydrogens (tertiary/aromatic N) is 1. The van der Waals surface area contributed by atoms with E-state index in [1.54, 1.807) is 0 Å². The van der Waals surface area contributed by atoms with Gasteiger partial charge < -0.3 is 9.84 Å². The van der Waals surface area contributed by atoms with E-state index in [4.69, 9.17) is 9.84 Å². The highest BCUT2D eigenvalue weighted by atomic mass is 16.5. The number of rotatable bonds is 4. The SMILES string of the molecule is CCCC(C(=O)O)N1CCOC(C)C1. The molecule has 1 aliphatic heterocycles. The Morgan fingerprint density at radius 3 is 2.93 bits per heavy atom. The predicted octanol–water partition coefficient (Wildman–Crippen LogP) is 0.960. The summed E-state index contributed by atoms with van der Waals surface area (Å²) in [6.07, 6.45) is 1.78. The van der Waals surface area contributed by atoms with Crippen molar-refractivity contribution in [2.45, 2.75) is 38.8 Å². The fourth-order valence-electron chi connectivity index (χ4n) is 1.86. The fourth-order valence-corrected chi connectivity index (χ4v) is 1.86. The maximum atomic E-state index is 11.0. The van der Waals surface area contributed by atoms with Gasteiger partial charge >= 0.3 is 5.97 Å². The Bertz CT molecular complexity index is 196. The summed E-state index contributed by atoms with van der Waals surface area (Å²) < 4.78 is 5.38. The number of carbonyl (C=O) groups is 1. The number of aliphatic carboxylic acids is 1. The Hall–Kier alpha value is -0.610. The Balaban J connectivity index is 2.53. The van der Waals surface area contributed by atoms with Crippen molar-refractivity contribution in [1.82, 2.24) is 4.90 Å². The molecule has 82 valence electrons. The lowest BCUT2D eigenvalue weighted by molar-refractivity contribution is -0.146. The van der Waals surface area contributed by atoms with Gasteiger partial charge in [0.05, 0.1) is 12.7 Å². The molecule has 4 heteroatoms. The van der Waals surface area contributed by atoms with Crippen molar-refractivity contribution < 1.29 is 14.6 Å². The predicted molar refractivity (Wildman–Crippen MR) is 53.3 cm³/mol. The highest BCUT2D eigenvalue weighted by molar-refractivity contribution is 5.73. The molecule has 1 saturated heterocycles. The monoisotopic (exact) mass is 201 g/mol. The average molecular weight is 201 g/mol. The van der Waals surface area contributed by atoms with E-state index < -0.39 is 5.97 Å². The topological polar surface area (TPSA) is 49.8 Å². The minimum absolute atomic E-state index is 0.155. The van der Waals surface area contributed by atoms with Crippen LogP contribution < -0.4 is 0 Å². The molecule has 0 aliphatic carbocycles. The normalized spacial score (nSPS) is 26.0. The summed E-state index contributed by atoms with van der Waals surface area (Å²) in [5, 5.41) is 9.06. The Morgan fingerprint density at radius 1 is 1.71 bits per heavy atom. The molecule has 1 N–H and O–H groups in total. The van der Waals surface area contributed by atoms with Crippen LogP contribution in [0.4, 0.5) is 0 Å². The van der Waals surface area contributed by atoms with Gasteiger partial charge in [-0.25, -0.2) is 0 Å². The second-order valence-electron chi connectivity index (χ2n) is 3.82. The zero-order valence-electron chi connectivity index (χ0n) is 8.90. The van der Waals surface area contributed by atoms with Crippen LogP contribution in [0.2, 0.25) is 0 Å². The van der Waals surface area contributed by atoms with E-state index in [9.17, 15) is 4.79 Å². The van der Waals surface area contributed by atoms with E-state index in [1.807, 2.05) is 18.7 Å². The van der Waals surface area contributed by atoms with Gasteiger partial charge in [-0.2, -0.15) is 0 Å². The average Bonchev–Trinajstić information content (AvgIpc) is 2.13. The molecule has 0 aromatic rings. The first-order chi connectivity index (χ1) is 6.65. The fraction of sp³-hybridized carbons (Fsp3) is 0.900. The van der Waals surface area contributed by atoms with Gasteiger partial charge in [-0.05, 0) is 13.3 Å². The van der Waals surface area contributed by atoms with E-state index >= 15 is 0 Å². The third-order valence-electron chi connectivity index (χ3n) is 2.56. The summed E-state index contributed by atoms with van der Waals surface area (Å²) in [5.41, 5.74) is 0. The van der Waals surface area contributed by atoms with Crippen molar-refractivity contribution in [3.63, 3.8) is 0 Å². The van der Waals surface area contributed by atoms with Crippen LogP contribution in [0.15, 0.2) is 0 Å². The van der Waals surface area contributed by atoms with Crippen molar-refractivity contribution in [3.05, 3.63) is 0 Å². The van der Waals surface area contributed by atoms with Crippen LogP contribution in [0.1, 0.15) is 26.7 Å². The molecular formula is C10H19NO3. The standard InChI is InChI=1S/C10H19NO3/c1-3-4-9(10(12)13)11-5-6-14-8(2)7-11/h8-9H,3-7H2,1-2H3,(H,12,13). The number of hydrogen-bond acceptors (Lipinski definition) is 3. The maximum absolute atomic E-state index is 11.0. The van der Waals surface area contributed by atoms with Crippen LogP contribution >= 0.6 is 0 Å². The molecule has 1 fully saturated rings. The van der Waals surface area contributed by atoms with Crippen LogP contribution in [0, 0.1) is 0 Å². The second kappa shape index (κ2) is 5.32. The van der Waals surface area contributed by atoms with Crippen molar-refractivity contribution >= 4 is 5.97 Å². The summed E-state index contributed by atoms with van der Waals surface area (Å²) in [4.78, 5) is 13.0. The first-order valence-electron chi connectivity index (χ1n) is 5.23. The van der Waals surface area contributed by atoms with Gasteiger partial charge in [-0.1, -0.05) is 13.3 Å². The number of ether oxygens (including phenoxy) is 1. The maximum Gasteiger partial charge on any atom is 0.320 e. The molecule has 0 aromatic carbocycles. The van der Waals surface area contributed by atoms with E-state index in [0.717, 1.165) is 25.9 Å². The third kappa shape index (κ3) is 2.96. The molecule has 14 heavy (non-hydrogen) atoms. The largest absolute Gasteiger partial charge is 0.480 e. The third-order valence-corrected chi connectivity index (χ3v) is 2.56. The van der Waals surface area contributed by atoms with Crippen LogP contribution in [0.3, 0.4) is 0 Å². The van der Waals surface area contributed by atoms with Gasteiger partial charge in [-0.3, -0.25) is 9.69 Å². The lowest BCUT2D eigenvalue weighted by atomic mass is 10.1. The molecule has 0 bridgehead atoms. The molecular weight excluding hydrogens is 182 g/mol. The van der Waals surface area contributed by atoms with E-state index in [-0.39, 0.29) is 12.1 Å². The number of carboxylic acid groups (broad SMARTS) is 1. The lowest BCUT2D eigenvalue weighted by Crippen LogP contribution is -2.49. The molecule has 2 atom stereocenters. The molecule has 1 rings (SSSR count). The minimum Gasteiger partial charge on any atom is -0.480 e. The van der Waals surface area contributed by atoms with Gasteiger partial charge in [0.25, 0.3) is 0 Å². The summed E-state index contributed by atoms with van der Waals surface area (Å²) in [7, 11) is 0. The molecule has 1 heterocycles. The van der Waals surface area contributed by atoms with Crippen molar-refractivity contribution in [2.24, 2.45) is 0 Å². The summed E-state index contributed by atoms with van der Waals surface area (Å²) in [5.74, 6) is -0.707. The van der Waals surface area contributed by atoms with Gasteiger partial charge in [-0.15, -0.1) is 0 Å². The first-order valence-corrected chi connectivity index (χ1v) is 5.23. The van der Waals surface area contributed by atoms with Crippen LogP contribution in [-0.2, 0) is 9.53 Å². The van der Waals surface area contributed by atoms with Crippen molar-refractivity contribution in [3.8, 4) is 0 Å². The Labute approximate surface area is 84.8 Å². The van der Waals surface area contributed by atoms with E-state index in [1.165, 1.54) is 0 Å². The van der Waals surface area contributed by atoms with Gasteiger partial charge in [0.2, 0.25) is 0 Å². The quantitative estimate of drug-likeness (QED) is 0.736. The summed E-state index contributed by atoms with van der Waals surface area (Å²) >= 11 is 0. The molecule has 0 aromatic heterocycles. The number of carboxylic acids is 1. The van der Waals surface area contributed by atoms with Crippen molar-refractivity contribution in [1.29, 1.82) is 0 Å². The molecule has 0 amide bonds. The Morgan fingerprint density at radius 2 is 2.43 bits per heavy atom. The molecule has 1 aliphatic rings. The molecule has 0 spiro atoms. The zero-order chi connectivity index (χ0) is 10.6. The van der Waals surface area contributed by atoms with Gasteiger partial charge in [0.15, 0.2) is 0 Å². The van der Waals surface area contributed by atoms with E-state index in [2.05, 4.69) is 0 Å². The number of hydrogen-bond donors (Lipinski definition) is 1. The van der Waals surface area contributed by atoms with E-state index in [0.29, 0.717) is 6.61 Å². The highest BCUT2D eigenvalue weighted by Gasteiger charge is 2.28. The van der Waals surface area contributed by atoms with Gasteiger partial charge in [0, 0.05) is 13.1 Å². The smallest absolute Gasteiger partial charge is 0.320 e. The second-order valence-corrected chi connectivity index (χ2v) is 3.82. The molecule has 2 unspecified atom stereocenters. The van der Waals surface area contributed by atoms with Crippen LogP contribution in [0.25, 0.3) is 0 Å². The first kappa shape index (κ1) is 11.5. The molecule has 0 saturated carbocycles.